The minimum absolute atomic E-state index is 0.0878. The summed E-state index contributed by atoms with van der Waals surface area (Å²) >= 11 is 0. The molecule has 2 aromatic rings. The molecule has 1 N–H and O–H groups in total. The highest BCUT2D eigenvalue weighted by Gasteiger charge is 2.38. The number of ether oxygens (including phenoxy) is 1. The van der Waals surface area contributed by atoms with Crippen molar-refractivity contribution in [3.05, 3.63) is 58.7 Å². The predicted molar refractivity (Wildman–Crippen MR) is 121 cm³/mol. The van der Waals surface area contributed by atoms with Gasteiger partial charge in [0.1, 0.15) is 0 Å². The molecule has 9 nitrogen and oxygen atoms in total. The molecule has 0 bridgehead atoms. The Morgan fingerprint density at radius 3 is 2.52 bits per heavy atom. The minimum Gasteiger partial charge on any atom is -0.376 e. The van der Waals surface area contributed by atoms with E-state index in [1.165, 1.54) is 43.3 Å². The lowest BCUT2D eigenvalue weighted by Gasteiger charge is -2.17. The second-order valence-electron chi connectivity index (χ2n) is 8.34. The SMILES string of the molecule is Cc1ccc(NC(=O)c2ccc3c(c2)C(=O)N(C[C@H]2CCCO2)C3=O)cc1S(=O)(=O)N(C)C. The van der Waals surface area contributed by atoms with Gasteiger partial charge >= 0.3 is 0 Å². The lowest BCUT2D eigenvalue weighted by molar-refractivity contribution is 0.0475. The van der Waals surface area contributed by atoms with Crippen molar-refractivity contribution in [1.29, 1.82) is 0 Å². The maximum Gasteiger partial charge on any atom is 0.261 e. The fourth-order valence-corrected chi connectivity index (χ4v) is 5.09. The van der Waals surface area contributed by atoms with Crippen molar-refractivity contribution in [3.8, 4) is 0 Å². The minimum atomic E-state index is -3.68. The summed E-state index contributed by atoms with van der Waals surface area (Å²) in [7, 11) is -0.813. The molecule has 33 heavy (non-hydrogen) atoms. The number of nitrogens with zero attached hydrogens (tertiary/aromatic N) is 2. The molecule has 1 fully saturated rings. The van der Waals surface area contributed by atoms with Crippen molar-refractivity contribution >= 4 is 33.4 Å². The molecule has 3 amide bonds. The summed E-state index contributed by atoms with van der Waals surface area (Å²) in [6.07, 6.45) is 1.53. The van der Waals surface area contributed by atoms with E-state index in [1.807, 2.05) is 0 Å². The van der Waals surface area contributed by atoms with E-state index in [0.29, 0.717) is 17.9 Å². The standard InChI is InChI=1S/C23H25N3O6S/c1-14-6-8-16(12-20(14)33(30,31)25(2)3)24-21(27)15-7-9-18-19(11-15)23(29)26(22(18)28)13-17-5-4-10-32-17/h6-9,11-12,17H,4-5,10,13H2,1-3H3,(H,24,27)/t17-/m1/s1. The number of rotatable bonds is 6. The molecule has 2 aliphatic heterocycles. The van der Waals surface area contributed by atoms with E-state index >= 15 is 0 Å². The van der Waals surface area contributed by atoms with Gasteiger partial charge in [0.15, 0.2) is 0 Å². The highest BCUT2D eigenvalue weighted by Crippen LogP contribution is 2.27. The van der Waals surface area contributed by atoms with Crippen LogP contribution >= 0.6 is 0 Å². The first-order valence-electron chi connectivity index (χ1n) is 10.6. The Balaban J connectivity index is 1.55. The molecule has 0 aliphatic carbocycles. The molecule has 10 heteroatoms. The Morgan fingerprint density at radius 2 is 1.85 bits per heavy atom. The van der Waals surface area contributed by atoms with Crippen LogP contribution < -0.4 is 5.32 Å². The van der Waals surface area contributed by atoms with Gasteiger partial charge in [-0.25, -0.2) is 12.7 Å². The van der Waals surface area contributed by atoms with Gasteiger partial charge in [-0.1, -0.05) is 6.07 Å². The van der Waals surface area contributed by atoms with Crippen molar-refractivity contribution in [2.45, 2.75) is 30.8 Å². The van der Waals surface area contributed by atoms with Crippen LogP contribution in [-0.4, -0.2) is 68.7 Å². The first kappa shape index (κ1) is 23.1. The van der Waals surface area contributed by atoms with Gasteiger partial charge in [0.05, 0.1) is 28.7 Å². The first-order valence-corrected chi connectivity index (χ1v) is 12.0. The fraction of sp³-hybridized carbons (Fsp3) is 0.348. The Hall–Kier alpha value is -3.08. The number of aryl methyl sites for hydroxylation is 1. The van der Waals surface area contributed by atoms with Crippen molar-refractivity contribution in [2.24, 2.45) is 0 Å². The molecule has 174 valence electrons. The Kier molecular flexibility index (Phi) is 6.08. The number of benzene rings is 2. The summed E-state index contributed by atoms with van der Waals surface area (Å²) in [6.45, 7) is 2.49. The largest absolute Gasteiger partial charge is 0.376 e. The summed E-state index contributed by atoms with van der Waals surface area (Å²) < 4.78 is 31.7. The number of imide groups is 1. The third-order valence-corrected chi connectivity index (χ3v) is 7.80. The van der Waals surface area contributed by atoms with E-state index in [9.17, 15) is 22.8 Å². The highest BCUT2D eigenvalue weighted by molar-refractivity contribution is 7.89. The fourth-order valence-electron chi connectivity index (χ4n) is 3.95. The number of fused-ring (bicyclic) bond motifs is 1. The number of carbonyl (C=O) groups is 3. The third-order valence-electron chi connectivity index (χ3n) is 5.85. The van der Waals surface area contributed by atoms with Gasteiger partial charge in [0.25, 0.3) is 17.7 Å². The van der Waals surface area contributed by atoms with Crippen LogP contribution in [0, 0.1) is 6.92 Å². The Morgan fingerprint density at radius 1 is 1.12 bits per heavy atom. The normalized spacial score (nSPS) is 18.2. The maximum atomic E-state index is 12.8. The Labute approximate surface area is 192 Å². The molecule has 0 unspecified atom stereocenters. The summed E-state index contributed by atoms with van der Waals surface area (Å²) in [5.74, 6) is -1.36. The van der Waals surface area contributed by atoms with Gasteiger partial charge in [-0.05, 0) is 55.7 Å². The van der Waals surface area contributed by atoms with Crippen LogP contribution in [0.15, 0.2) is 41.3 Å². The lowest BCUT2D eigenvalue weighted by atomic mass is 10.1. The average Bonchev–Trinajstić information content (AvgIpc) is 3.37. The quantitative estimate of drug-likeness (QED) is 0.647. The predicted octanol–water partition coefficient (Wildman–Crippen LogP) is 2.27. The summed E-state index contributed by atoms with van der Waals surface area (Å²) in [5.41, 5.74) is 1.46. The van der Waals surface area contributed by atoms with E-state index < -0.39 is 27.7 Å². The zero-order valence-corrected chi connectivity index (χ0v) is 19.4. The number of carbonyl (C=O) groups excluding carboxylic acids is 3. The van der Waals surface area contributed by atoms with E-state index in [4.69, 9.17) is 4.74 Å². The van der Waals surface area contributed by atoms with Crippen molar-refractivity contribution in [2.75, 3.05) is 32.6 Å². The van der Waals surface area contributed by atoms with Crippen LogP contribution in [-0.2, 0) is 14.8 Å². The van der Waals surface area contributed by atoms with Gasteiger partial charge in [-0.3, -0.25) is 19.3 Å². The van der Waals surface area contributed by atoms with Gasteiger partial charge < -0.3 is 10.1 Å². The topological polar surface area (TPSA) is 113 Å². The summed E-state index contributed by atoms with van der Waals surface area (Å²) in [4.78, 5) is 39.6. The first-order chi connectivity index (χ1) is 15.6. The number of hydrogen-bond donors (Lipinski definition) is 1. The van der Waals surface area contributed by atoms with Crippen molar-refractivity contribution < 1.29 is 27.5 Å². The number of hydrogen-bond acceptors (Lipinski definition) is 6. The van der Waals surface area contributed by atoms with Crippen LogP contribution in [0.1, 0.15) is 49.5 Å². The number of amides is 3. The molecule has 0 saturated carbocycles. The third kappa shape index (κ3) is 4.29. The van der Waals surface area contributed by atoms with Crippen molar-refractivity contribution in [1.82, 2.24) is 9.21 Å². The smallest absolute Gasteiger partial charge is 0.261 e. The van der Waals surface area contributed by atoms with Gasteiger partial charge in [0, 0.05) is 32.0 Å². The molecule has 2 aliphatic rings. The molecule has 1 atom stereocenters. The van der Waals surface area contributed by atoms with Gasteiger partial charge in [-0.15, -0.1) is 0 Å². The van der Waals surface area contributed by atoms with Crippen LogP contribution in [0.3, 0.4) is 0 Å². The second kappa shape index (κ2) is 8.69. The second-order valence-corrected chi connectivity index (χ2v) is 10.5. The summed E-state index contributed by atoms with van der Waals surface area (Å²) in [5, 5.41) is 2.67. The molecule has 2 aromatic carbocycles. The van der Waals surface area contributed by atoms with E-state index in [0.717, 1.165) is 17.1 Å². The Bertz CT molecular complexity index is 1250. The number of sulfonamides is 1. The van der Waals surface area contributed by atoms with Crippen molar-refractivity contribution in [3.63, 3.8) is 0 Å². The molecule has 0 aromatic heterocycles. The number of anilines is 1. The molecule has 0 spiro atoms. The van der Waals surface area contributed by atoms with E-state index in [2.05, 4.69) is 5.32 Å². The molecular weight excluding hydrogens is 446 g/mol. The molecular formula is C23H25N3O6S. The summed E-state index contributed by atoms with van der Waals surface area (Å²) in [6, 6.07) is 8.95. The molecule has 1 saturated heterocycles. The molecule has 4 rings (SSSR count). The van der Waals surface area contributed by atoms with Gasteiger partial charge in [-0.2, -0.15) is 0 Å². The van der Waals surface area contributed by atoms with Crippen LogP contribution in [0.2, 0.25) is 0 Å². The zero-order valence-electron chi connectivity index (χ0n) is 18.6. The van der Waals surface area contributed by atoms with Gasteiger partial charge in [0.2, 0.25) is 10.0 Å². The van der Waals surface area contributed by atoms with Crippen LogP contribution in [0.5, 0.6) is 0 Å². The number of nitrogens with one attached hydrogen (secondary N) is 1. The van der Waals surface area contributed by atoms with Crippen LogP contribution in [0.4, 0.5) is 5.69 Å². The maximum absolute atomic E-state index is 12.8. The van der Waals surface area contributed by atoms with E-state index in [1.54, 1.807) is 19.1 Å². The molecule has 2 heterocycles. The highest BCUT2D eigenvalue weighted by atomic mass is 32.2. The average molecular weight is 472 g/mol. The lowest BCUT2D eigenvalue weighted by Crippen LogP contribution is -2.36. The van der Waals surface area contributed by atoms with Crippen LogP contribution in [0.25, 0.3) is 0 Å². The zero-order chi connectivity index (χ0) is 23.9. The van der Waals surface area contributed by atoms with E-state index in [-0.39, 0.29) is 34.2 Å². The monoisotopic (exact) mass is 471 g/mol. The molecule has 0 radical (unpaired) electrons.